The first-order valence-electron chi connectivity index (χ1n) is 8.55. The summed E-state index contributed by atoms with van der Waals surface area (Å²) in [7, 11) is 0. The SMILES string of the molecule is CCN(C(=O)C[C@H]1Sc2ccccc2NC1=O)C1CCCCC1. The highest BCUT2D eigenvalue weighted by Gasteiger charge is 2.32. The van der Waals surface area contributed by atoms with Gasteiger partial charge in [-0.15, -0.1) is 11.8 Å². The van der Waals surface area contributed by atoms with Crippen LogP contribution < -0.4 is 5.32 Å². The summed E-state index contributed by atoms with van der Waals surface area (Å²) in [5.74, 6) is 0.0631. The van der Waals surface area contributed by atoms with Crippen LogP contribution >= 0.6 is 11.8 Å². The number of rotatable bonds is 4. The molecule has 1 aromatic carbocycles. The number of benzene rings is 1. The van der Waals surface area contributed by atoms with E-state index in [1.165, 1.54) is 31.0 Å². The van der Waals surface area contributed by atoms with Gasteiger partial charge in [0.25, 0.3) is 0 Å². The van der Waals surface area contributed by atoms with Gasteiger partial charge in [0.2, 0.25) is 11.8 Å². The number of anilines is 1. The summed E-state index contributed by atoms with van der Waals surface area (Å²) in [5.41, 5.74) is 0.853. The number of nitrogens with zero attached hydrogens (tertiary/aromatic N) is 1. The van der Waals surface area contributed by atoms with Crippen molar-refractivity contribution in [3.63, 3.8) is 0 Å². The lowest BCUT2D eigenvalue weighted by molar-refractivity contribution is -0.135. The first kappa shape index (κ1) is 16.4. The molecule has 1 heterocycles. The lowest BCUT2D eigenvalue weighted by Crippen LogP contribution is -2.43. The zero-order valence-corrected chi connectivity index (χ0v) is 14.4. The van der Waals surface area contributed by atoms with E-state index in [0.29, 0.717) is 6.04 Å². The van der Waals surface area contributed by atoms with Crippen molar-refractivity contribution in [1.82, 2.24) is 4.90 Å². The second-order valence-corrected chi connectivity index (χ2v) is 7.51. The number of hydrogen-bond acceptors (Lipinski definition) is 3. The molecule has 2 amide bonds. The summed E-state index contributed by atoms with van der Waals surface area (Å²) in [6, 6.07) is 8.13. The lowest BCUT2D eigenvalue weighted by atomic mass is 9.94. The number of para-hydroxylation sites is 1. The summed E-state index contributed by atoms with van der Waals surface area (Å²) >= 11 is 1.51. The van der Waals surface area contributed by atoms with E-state index in [1.807, 2.05) is 36.1 Å². The van der Waals surface area contributed by atoms with E-state index in [-0.39, 0.29) is 23.5 Å². The Morgan fingerprint density at radius 2 is 2.00 bits per heavy atom. The van der Waals surface area contributed by atoms with Gasteiger partial charge in [0, 0.05) is 23.9 Å². The van der Waals surface area contributed by atoms with E-state index in [9.17, 15) is 9.59 Å². The molecule has 4 nitrogen and oxygen atoms in total. The van der Waals surface area contributed by atoms with Gasteiger partial charge in [-0.3, -0.25) is 9.59 Å². The van der Waals surface area contributed by atoms with Gasteiger partial charge >= 0.3 is 0 Å². The first-order valence-corrected chi connectivity index (χ1v) is 9.43. The van der Waals surface area contributed by atoms with E-state index >= 15 is 0 Å². The molecular formula is C18H24N2O2S. The third kappa shape index (κ3) is 3.71. The van der Waals surface area contributed by atoms with Crippen molar-refractivity contribution in [3.8, 4) is 0 Å². The first-order chi connectivity index (χ1) is 11.2. The fourth-order valence-electron chi connectivity index (χ4n) is 3.53. The molecule has 1 aliphatic carbocycles. The van der Waals surface area contributed by atoms with Crippen molar-refractivity contribution in [2.75, 3.05) is 11.9 Å². The predicted octanol–water partition coefficient (Wildman–Crippen LogP) is 3.67. The van der Waals surface area contributed by atoms with Crippen LogP contribution in [-0.4, -0.2) is 34.6 Å². The van der Waals surface area contributed by atoms with Gasteiger partial charge in [0.15, 0.2) is 0 Å². The summed E-state index contributed by atoms with van der Waals surface area (Å²) in [5, 5.41) is 2.60. The smallest absolute Gasteiger partial charge is 0.238 e. The molecule has 1 atom stereocenters. The number of thioether (sulfide) groups is 1. The van der Waals surface area contributed by atoms with Gasteiger partial charge in [0.05, 0.1) is 10.9 Å². The van der Waals surface area contributed by atoms with Crippen molar-refractivity contribution >= 4 is 29.3 Å². The van der Waals surface area contributed by atoms with Crippen LogP contribution in [0.1, 0.15) is 45.4 Å². The maximum atomic E-state index is 12.7. The van der Waals surface area contributed by atoms with E-state index in [1.54, 1.807) is 0 Å². The average molecular weight is 332 g/mol. The topological polar surface area (TPSA) is 49.4 Å². The van der Waals surface area contributed by atoms with Gasteiger partial charge in [-0.1, -0.05) is 31.4 Å². The highest BCUT2D eigenvalue weighted by atomic mass is 32.2. The summed E-state index contributed by atoms with van der Waals surface area (Å²) in [6.07, 6.45) is 6.19. The molecule has 0 bridgehead atoms. The van der Waals surface area contributed by atoms with Crippen LogP contribution in [0, 0.1) is 0 Å². The third-order valence-corrected chi connectivity index (χ3v) is 6.02. The van der Waals surface area contributed by atoms with Gasteiger partial charge in [-0.2, -0.15) is 0 Å². The Kier molecular flexibility index (Phi) is 5.26. The molecule has 1 aliphatic heterocycles. The number of nitrogens with one attached hydrogen (secondary N) is 1. The minimum absolute atomic E-state index is 0.0539. The van der Waals surface area contributed by atoms with Crippen LogP contribution in [0.25, 0.3) is 0 Å². The molecule has 23 heavy (non-hydrogen) atoms. The number of amides is 2. The molecule has 0 aromatic heterocycles. The Morgan fingerprint density at radius 3 is 2.74 bits per heavy atom. The molecule has 1 fully saturated rings. The second kappa shape index (κ2) is 7.39. The van der Waals surface area contributed by atoms with Crippen molar-refractivity contribution in [1.29, 1.82) is 0 Å². The van der Waals surface area contributed by atoms with Gasteiger partial charge < -0.3 is 10.2 Å². The Hall–Kier alpha value is -1.49. The molecule has 3 rings (SSSR count). The maximum absolute atomic E-state index is 12.7. The predicted molar refractivity (Wildman–Crippen MR) is 93.6 cm³/mol. The Bertz CT molecular complexity index is 584. The fourth-order valence-corrected chi connectivity index (χ4v) is 4.64. The van der Waals surface area contributed by atoms with Gasteiger partial charge in [-0.05, 0) is 31.9 Å². The highest BCUT2D eigenvalue weighted by Crippen LogP contribution is 2.37. The zero-order chi connectivity index (χ0) is 16.2. The summed E-state index contributed by atoms with van der Waals surface area (Å²) < 4.78 is 0. The minimum Gasteiger partial charge on any atom is -0.340 e. The Morgan fingerprint density at radius 1 is 1.26 bits per heavy atom. The standard InChI is InChI=1S/C18H24N2O2S/c1-2-20(13-8-4-3-5-9-13)17(21)12-16-18(22)19-14-10-6-7-11-15(14)23-16/h6-7,10-11,13,16H,2-5,8-9,12H2,1H3,(H,19,22)/t16-/m1/s1. The van der Waals surface area contributed by atoms with Crippen molar-refractivity contribution in [3.05, 3.63) is 24.3 Å². The number of fused-ring (bicyclic) bond motifs is 1. The quantitative estimate of drug-likeness (QED) is 0.915. The second-order valence-electron chi connectivity index (χ2n) is 6.27. The van der Waals surface area contributed by atoms with Crippen molar-refractivity contribution < 1.29 is 9.59 Å². The zero-order valence-electron chi connectivity index (χ0n) is 13.6. The van der Waals surface area contributed by atoms with Crippen LogP contribution in [0.4, 0.5) is 5.69 Å². The number of hydrogen-bond donors (Lipinski definition) is 1. The average Bonchev–Trinajstić information content (AvgIpc) is 2.57. The molecule has 1 saturated carbocycles. The van der Waals surface area contributed by atoms with Crippen LogP contribution in [0.5, 0.6) is 0 Å². The normalized spacial score (nSPS) is 21.4. The van der Waals surface area contributed by atoms with Gasteiger partial charge in [-0.25, -0.2) is 0 Å². The summed E-state index contributed by atoms with van der Waals surface area (Å²) in [4.78, 5) is 28.0. The summed E-state index contributed by atoms with van der Waals surface area (Å²) in [6.45, 7) is 2.77. The van der Waals surface area contributed by atoms with Crippen LogP contribution in [0.15, 0.2) is 29.2 Å². The molecule has 0 saturated heterocycles. The molecule has 0 unspecified atom stereocenters. The third-order valence-electron chi connectivity index (χ3n) is 4.74. The Balaban J connectivity index is 1.66. The molecule has 0 spiro atoms. The molecule has 124 valence electrons. The van der Waals surface area contributed by atoms with E-state index in [0.717, 1.165) is 30.0 Å². The largest absolute Gasteiger partial charge is 0.340 e. The molecule has 0 radical (unpaired) electrons. The molecular weight excluding hydrogens is 308 g/mol. The lowest BCUT2D eigenvalue weighted by Gasteiger charge is -2.34. The fraction of sp³-hybridized carbons (Fsp3) is 0.556. The van der Waals surface area contributed by atoms with Crippen LogP contribution in [0.3, 0.4) is 0 Å². The number of carbonyl (C=O) groups excluding carboxylic acids is 2. The molecule has 5 heteroatoms. The van der Waals surface area contributed by atoms with Crippen molar-refractivity contribution in [2.24, 2.45) is 0 Å². The number of carbonyl (C=O) groups is 2. The van der Waals surface area contributed by atoms with Crippen molar-refractivity contribution in [2.45, 2.75) is 61.6 Å². The molecule has 1 N–H and O–H groups in total. The van der Waals surface area contributed by atoms with Crippen LogP contribution in [-0.2, 0) is 9.59 Å². The van der Waals surface area contributed by atoms with Crippen LogP contribution in [0.2, 0.25) is 0 Å². The maximum Gasteiger partial charge on any atom is 0.238 e. The minimum atomic E-state index is -0.324. The van der Waals surface area contributed by atoms with Gasteiger partial charge in [0.1, 0.15) is 0 Å². The molecule has 1 aromatic rings. The Labute approximate surface area is 142 Å². The van der Waals surface area contributed by atoms with E-state index in [2.05, 4.69) is 5.32 Å². The monoisotopic (exact) mass is 332 g/mol. The highest BCUT2D eigenvalue weighted by molar-refractivity contribution is 8.01. The van der Waals surface area contributed by atoms with E-state index in [4.69, 9.17) is 0 Å². The van der Waals surface area contributed by atoms with E-state index < -0.39 is 0 Å². The molecule has 2 aliphatic rings.